The number of aryl methyl sites for hydroxylation is 1. The molecule has 0 radical (unpaired) electrons. The van der Waals surface area contributed by atoms with Gasteiger partial charge in [-0.25, -0.2) is 13.1 Å². The van der Waals surface area contributed by atoms with Crippen LogP contribution in [0.15, 0.2) is 65.6 Å². The Morgan fingerprint density at radius 1 is 1.05 bits per heavy atom. The summed E-state index contributed by atoms with van der Waals surface area (Å²) < 4.78 is 30.1. The largest absolute Gasteiger partial charge is 0.341 e. The molecule has 0 aromatic heterocycles. The number of benzene rings is 3. The molecule has 1 heterocycles. The first kappa shape index (κ1) is 26.8. The zero-order chi connectivity index (χ0) is 26.7. The highest BCUT2D eigenvalue weighted by Gasteiger charge is 2.34. The zero-order valence-corrected chi connectivity index (χ0v) is 22.2. The summed E-state index contributed by atoms with van der Waals surface area (Å²) in [6.45, 7) is 6.45. The molecule has 4 N–H and O–H groups in total. The van der Waals surface area contributed by atoms with E-state index >= 15 is 0 Å². The van der Waals surface area contributed by atoms with Crippen LogP contribution in [0.1, 0.15) is 42.6 Å². The minimum Gasteiger partial charge on any atom is -0.341 e. The number of anilines is 1. The van der Waals surface area contributed by atoms with Crippen molar-refractivity contribution >= 4 is 38.3 Å². The van der Waals surface area contributed by atoms with Gasteiger partial charge < -0.3 is 16.0 Å². The molecule has 9 heteroatoms. The molecule has 0 saturated carbocycles. The maximum absolute atomic E-state index is 13.6. The standard InChI is InChI=1S/C28H34N4O4S/c1-4-20-17-32(28(34)19(3)29)16-15-24(20)31-37(35,36)26-14-13-25(22-11-7-8-12-23(22)26)30-27(33)21-10-6-5-9-18(21)2/h5-14,19-20,24,31H,4,15-17,29H2,1-3H3,(H,30,33)/t19-,20+,24+/m0/s1. The summed E-state index contributed by atoms with van der Waals surface area (Å²) in [4.78, 5) is 27.2. The van der Waals surface area contributed by atoms with E-state index in [1.54, 1.807) is 42.2 Å². The number of carbonyl (C=O) groups excluding carboxylic acids is 2. The Balaban J connectivity index is 1.60. The molecule has 0 bridgehead atoms. The minimum atomic E-state index is -3.88. The molecule has 3 aromatic rings. The fraction of sp³-hybridized carbons (Fsp3) is 0.357. The number of likely N-dealkylation sites (tertiary alicyclic amines) is 1. The molecule has 4 rings (SSSR count). The number of sulfonamides is 1. The monoisotopic (exact) mass is 522 g/mol. The first-order chi connectivity index (χ1) is 17.6. The van der Waals surface area contributed by atoms with Crippen LogP contribution in [0.4, 0.5) is 5.69 Å². The van der Waals surface area contributed by atoms with Gasteiger partial charge in [0.1, 0.15) is 0 Å². The van der Waals surface area contributed by atoms with Gasteiger partial charge in [0.2, 0.25) is 15.9 Å². The molecule has 1 fully saturated rings. The maximum atomic E-state index is 13.6. The first-order valence-electron chi connectivity index (χ1n) is 12.6. The van der Waals surface area contributed by atoms with Crippen LogP contribution in [0, 0.1) is 12.8 Å². The van der Waals surface area contributed by atoms with Crippen molar-refractivity contribution in [1.82, 2.24) is 9.62 Å². The van der Waals surface area contributed by atoms with Crippen LogP contribution in [0.5, 0.6) is 0 Å². The van der Waals surface area contributed by atoms with Crippen LogP contribution in [0.3, 0.4) is 0 Å². The van der Waals surface area contributed by atoms with Gasteiger partial charge in [0, 0.05) is 41.2 Å². The van der Waals surface area contributed by atoms with Gasteiger partial charge in [-0.2, -0.15) is 0 Å². The second kappa shape index (κ2) is 11.0. The predicted octanol–water partition coefficient (Wildman–Crippen LogP) is 3.65. The van der Waals surface area contributed by atoms with Crippen molar-refractivity contribution in [2.24, 2.45) is 11.7 Å². The number of rotatable bonds is 7. The van der Waals surface area contributed by atoms with Gasteiger partial charge >= 0.3 is 0 Å². The highest BCUT2D eigenvalue weighted by Crippen LogP contribution is 2.31. The van der Waals surface area contributed by atoms with E-state index in [2.05, 4.69) is 10.0 Å². The average molecular weight is 523 g/mol. The summed E-state index contributed by atoms with van der Waals surface area (Å²) in [6.07, 6.45) is 1.24. The van der Waals surface area contributed by atoms with Crippen molar-refractivity contribution in [2.45, 2.75) is 50.6 Å². The Bertz CT molecular complexity index is 1420. The second-order valence-electron chi connectivity index (χ2n) is 9.68. The fourth-order valence-corrected chi connectivity index (χ4v) is 6.53. The molecular formula is C28H34N4O4S. The lowest BCUT2D eigenvalue weighted by molar-refractivity contribution is -0.134. The maximum Gasteiger partial charge on any atom is 0.255 e. The number of nitrogens with two attached hydrogens (primary N) is 1. The van der Waals surface area contributed by atoms with Gasteiger partial charge in [0.15, 0.2) is 0 Å². The molecule has 3 aromatic carbocycles. The van der Waals surface area contributed by atoms with E-state index in [0.29, 0.717) is 41.5 Å². The number of nitrogens with one attached hydrogen (secondary N) is 2. The Hall–Kier alpha value is -3.27. The van der Waals surface area contributed by atoms with Crippen molar-refractivity contribution in [1.29, 1.82) is 0 Å². The predicted molar refractivity (Wildman–Crippen MR) is 146 cm³/mol. The topological polar surface area (TPSA) is 122 Å². The number of carbonyl (C=O) groups is 2. The number of hydrogen-bond acceptors (Lipinski definition) is 5. The van der Waals surface area contributed by atoms with Crippen molar-refractivity contribution in [2.75, 3.05) is 18.4 Å². The molecule has 0 aliphatic carbocycles. The van der Waals surface area contributed by atoms with Crippen LogP contribution < -0.4 is 15.8 Å². The summed E-state index contributed by atoms with van der Waals surface area (Å²) in [6, 6.07) is 16.7. The van der Waals surface area contributed by atoms with Crippen molar-refractivity contribution in [3.63, 3.8) is 0 Å². The molecular weight excluding hydrogens is 488 g/mol. The minimum absolute atomic E-state index is 0.0230. The van der Waals surface area contributed by atoms with Gasteiger partial charge in [-0.05, 0) is 49.9 Å². The molecule has 196 valence electrons. The molecule has 2 amide bonds. The molecule has 0 spiro atoms. The van der Waals surface area contributed by atoms with Crippen molar-refractivity contribution in [3.8, 4) is 0 Å². The van der Waals surface area contributed by atoms with E-state index in [1.807, 2.05) is 38.1 Å². The Labute approximate surface area is 218 Å². The summed E-state index contributed by atoms with van der Waals surface area (Å²) in [5.41, 5.74) is 7.72. The zero-order valence-electron chi connectivity index (χ0n) is 21.4. The lowest BCUT2D eigenvalue weighted by Crippen LogP contribution is -2.54. The van der Waals surface area contributed by atoms with Crippen LogP contribution >= 0.6 is 0 Å². The van der Waals surface area contributed by atoms with Gasteiger partial charge in [0.05, 0.1) is 10.9 Å². The Morgan fingerprint density at radius 2 is 1.73 bits per heavy atom. The van der Waals surface area contributed by atoms with Gasteiger partial charge in [-0.3, -0.25) is 9.59 Å². The molecule has 1 saturated heterocycles. The second-order valence-corrected chi connectivity index (χ2v) is 11.4. The van der Waals surface area contributed by atoms with E-state index in [1.165, 1.54) is 6.07 Å². The van der Waals surface area contributed by atoms with Crippen LogP contribution in [0.25, 0.3) is 10.8 Å². The quantitative estimate of drug-likeness (QED) is 0.437. The molecule has 8 nitrogen and oxygen atoms in total. The lowest BCUT2D eigenvalue weighted by atomic mass is 9.90. The molecule has 3 atom stereocenters. The number of piperidine rings is 1. The van der Waals surface area contributed by atoms with Gasteiger partial charge in [-0.15, -0.1) is 0 Å². The molecule has 0 unspecified atom stereocenters. The van der Waals surface area contributed by atoms with Gasteiger partial charge in [0.25, 0.3) is 5.91 Å². The van der Waals surface area contributed by atoms with E-state index < -0.39 is 16.1 Å². The Morgan fingerprint density at radius 3 is 2.41 bits per heavy atom. The molecule has 37 heavy (non-hydrogen) atoms. The van der Waals surface area contributed by atoms with Crippen LogP contribution in [0.2, 0.25) is 0 Å². The summed E-state index contributed by atoms with van der Waals surface area (Å²) >= 11 is 0. The summed E-state index contributed by atoms with van der Waals surface area (Å²) in [5.74, 6) is -0.393. The third kappa shape index (κ3) is 5.69. The average Bonchev–Trinajstić information content (AvgIpc) is 2.88. The highest BCUT2D eigenvalue weighted by atomic mass is 32.2. The van der Waals surface area contributed by atoms with E-state index in [4.69, 9.17) is 5.73 Å². The van der Waals surface area contributed by atoms with Crippen molar-refractivity contribution < 1.29 is 18.0 Å². The normalized spacial score (nSPS) is 19.0. The van der Waals surface area contributed by atoms with E-state index in [-0.39, 0.29) is 28.7 Å². The third-order valence-electron chi connectivity index (χ3n) is 7.08. The first-order valence-corrected chi connectivity index (χ1v) is 14.1. The van der Waals surface area contributed by atoms with E-state index in [9.17, 15) is 18.0 Å². The molecule has 1 aliphatic rings. The van der Waals surface area contributed by atoms with Gasteiger partial charge in [-0.1, -0.05) is 55.8 Å². The van der Waals surface area contributed by atoms with Crippen LogP contribution in [-0.2, 0) is 14.8 Å². The fourth-order valence-electron chi connectivity index (χ4n) is 4.98. The smallest absolute Gasteiger partial charge is 0.255 e. The third-order valence-corrected chi connectivity index (χ3v) is 8.63. The number of hydrogen-bond donors (Lipinski definition) is 3. The Kier molecular flexibility index (Phi) is 7.96. The summed E-state index contributed by atoms with van der Waals surface area (Å²) in [7, 11) is -3.88. The lowest BCUT2D eigenvalue weighted by Gasteiger charge is -2.39. The number of nitrogens with zero attached hydrogens (tertiary/aromatic N) is 1. The highest BCUT2D eigenvalue weighted by molar-refractivity contribution is 7.89. The SMILES string of the molecule is CC[C@@H]1CN(C(=O)[C@H](C)N)CC[C@H]1NS(=O)(=O)c1ccc(NC(=O)c2ccccc2C)c2ccccc12. The van der Waals surface area contributed by atoms with Crippen LogP contribution in [-0.4, -0.2) is 50.3 Å². The van der Waals surface area contributed by atoms with Crippen molar-refractivity contribution in [3.05, 3.63) is 71.8 Å². The van der Waals surface area contributed by atoms with E-state index in [0.717, 1.165) is 12.0 Å². The summed E-state index contributed by atoms with van der Waals surface area (Å²) in [5, 5.41) is 4.10. The number of amides is 2. The number of fused-ring (bicyclic) bond motifs is 1. The molecule has 1 aliphatic heterocycles.